The summed E-state index contributed by atoms with van der Waals surface area (Å²) in [5, 5.41) is 7.83. The van der Waals surface area contributed by atoms with Crippen LogP contribution in [0.3, 0.4) is 0 Å². The first-order valence-corrected chi connectivity index (χ1v) is 9.90. The number of thiazole rings is 1. The van der Waals surface area contributed by atoms with Crippen LogP contribution < -0.4 is 15.4 Å². The zero-order chi connectivity index (χ0) is 20.9. The molecule has 0 saturated carbocycles. The van der Waals surface area contributed by atoms with Crippen LogP contribution in [0, 0.1) is 5.82 Å². The number of nitrogens with zero attached hydrogens (tertiary/aromatic N) is 3. The first-order chi connectivity index (χ1) is 13.8. The van der Waals surface area contributed by atoms with E-state index in [0.717, 1.165) is 5.69 Å². The predicted octanol–water partition coefficient (Wildman–Crippen LogP) is 4.64. The van der Waals surface area contributed by atoms with E-state index >= 15 is 0 Å². The summed E-state index contributed by atoms with van der Waals surface area (Å²) in [4.78, 5) is 24.6. The van der Waals surface area contributed by atoms with Gasteiger partial charge in [-0.15, -0.1) is 11.3 Å². The van der Waals surface area contributed by atoms with E-state index in [4.69, 9.17) is 4.74 Å². The molecular weight excluding hydrogens is 393 g/mol. The Morgan fingerprint density at radius 1 is 1.24 bits per heavy atom. The molecule has 9 heteroatoms. The molecule has 0 fully saturated rings. The van der Waals surface area contributed by atoms with Crippen LogP contribution in [-0.2, 0) is 11.8 Å². The average molecular weight is 415 g/mol. The molecule has 0 aliphatic heterocycles. The SMILES string of the molecule is CC(C)(C)c1csc(NC(=O)Nc2ccc(F)c(CCOc3cnccn3)c2)n1. The van der Waals surface area contributed by atoms with Crippen molar-refractivity contribution in [2.24, 2.45) is 0 Å². The van der Waals surface area contributed by atoms with Gasteiger partial charge in [0.1, 0.15) is 5.82 Å². The molecule has 7 nitrogen and oxygen atoms in total. The number of carbonyl (C=O) groups is 1. The molecule has 2 N–H and O–H groups in total. The second kappa shape index (κ2) is 8.95. The van der Waals surface area contributed by atoms with Gasteiger partial charge in [0.2, 0.25) is 5.88 Å². The number of ether oxygens (including phenoxy) is 1. The second-order valence-corrected chi connectivity index (χ2v) is 8.17. The lowest BCUT2D eigenvalue weighted by atomic mass is 9.93. The molecule has 2 aromatic heterocycles. The quantitative estimate of drug-likeness (QED) is 0.612. The maximum atomic E-state index is 14.1. The lowest BCUT2D eigenvalue weighted by Gasteiger charge is -2.14. The Bertz CT molecular complexity index is 973. The van der Waals surface area contributed by atoms with Crippen molar-refractivity contribution in [1.29, 1.82) is 0 Å². The van der Waals surface area contributed by atoms with E-state index in [9.17, 15) is 9.18 Å². The van der Waals surface area contributed by atoms with Crippen LogP contribution in [-0.4, -0.2) is 27.6 Å². The van der Waals surface area contributed by atoms with Crippen molar-refractivity contribution in [3.8, 4) is 5.88 Å². The summed E-state index contributed by atoms with van der Waals surface area (Å²) in [6, 6.07) is 3.96. The lowest BCUT2D eigenvalue weighted by molar-refractivity contribution is 0.262. The largest absolute Gasteiger partial charge is 0.476 e. The number of rotatable bonds is 6. The molecular formula is C20H22FN5O2S. The minimum absolute atomic E-state index is 0.0911. The highest BCUT2D eigenvalue weighted by Crippen LogP contribution is 2.26. The maximum absolute atomic E-state index is 14.1. The monoisotopic (exact) mass is 415 g/mol. The summed E-state index contributed by atoms with van der Waals surface area (Å²) >= 11 is 1.36. The smallest absolute Gasteiger partial charge is 0.325 e. The molecule has 152 valence electrons. The number of benzene rings is 1. The molecule has 0 aliphatic rings. The van der Waals surface area contributed by atoms with E-state index < -0.39 is 6.03 Å². The van der Waals surface area contributed by atoms with Crippen LogP contribution in [0.25, 0.3) is 0 Å². The molecule has 0 radical (unpaired) electrons. The van der Waals surface area contributed by atoms with Gasteiger partial charge >= 0.3 is 6.03 Å². The maximum Gasteiger partial charge on any atom is 0.325 e. The fourth-order valence-corrected chi connectivity index (χ4v) is 3.34. The van der Waals surface area contributed by atoms with Crippen LogP contribution in [0.1, 0.15) is 32.0 Å². The standard InChI is InChI=1S/C20H22FN5O2S/c1-20(2,3)16-12-29-19(25-16)26-18(27)24-14-4-5-15(21)13(10-14)6-9-28-17-11-22-7-8-23-17/h4-5,7-8,10-12H,6,9H2,1-3H3,(H2,24,25,26,27). The molecule has 2 heterocycles. The highest BCUT2D eigenvalue weighted by molar-refractivity contribution is 7.14. The normalized spacial score (nSPS) is 11.2. The summed E-state index contributed by atoms with van der Waals surface area (Å²) < 4.78 is 19.5. The molecule has 3 aromatic rings. The zero-order valence-electron chi connectivity index (χ0n) is 16.4. The highest BCUT2D eigenvalue weighted by atomic mass is 32.1. The van der Waals surface area contributed by atoms with Crippen molar-refractivity contribution in [3.05, 3.63) is 59.2 Å². The van der Waals surface area contributed by atoms with Gasteiger partial charge in [0.25, 0.3) is 0 Å². The number of amides is 2. The van der Waals surface area contributed by atoms with Gasteiger partial charge in [-0.1, -0.05) is 20.8 Å². The Balaban J connectivity index is 1.57. The summed E-state index contributed by atoms with van der Waals surface area (Å²) in [5.41, 5.74) is 1.72. The van der Waals surface area contributed by atoms with Gasteiger partial charge in [-0.05, 0) is 23.8 Å². The van der Waals surface area contributed by atoms with Crippen molar-refractivity contribution < 1.29 is 13.9 Å². The van der Waals surface area contributed by atoms with Crippen molar-refractivity contribution in [2.75, 3.05) is 17.2 Å². The average Bonchev–Trinajstić information content (AvgIpc) is 3.14. The zero-order valence-corrected chi connectivity index (χ0v) is 17.2. The van der Waals surface area contributed by atoms with E-state index in [1.54, 1.807) is 12.3 Å². The van der Waals surface area contributed by atoms with E-state index in [-0.39, 0.29) is 17.8 Å². The Morgan fingerprint density at radius 2 is 2.07 bits per heavy atom. The third kappa shape index (κ3) is 5.95. The third-order valence-corrected chi connectivity index (χ3v) is 4.72. The van der Waals surface area contributed by atoms with Gasteiger partial charge < -0.3 is 10.1 Å². The topological polar surface area (TPSA) is 89.0 Å². The predicted molar refractivity (Wildman–Crippen MR) is 111 cm³/mol. The van der Waals surface area contributed by atoms with Gasteiger partial charge in [-0.25, -0.2) is 19.2 Å². The number of aromatic nitrogens is 3. The van der Waals surface area contributed by atoms with E-state index in [1.165, 1.54) is 35.9 Å². The Kier molecular flexibility index (Phi) is 6.38. The molecule has 0 unspecified atom stereocenters. The summed E-state index contributed by atoms with van der Waals surface area (Å²) in [6.45, 7) is 6.40. The minimum Gasteiger partial charge on any atom is -0.476 e. The molecule has 0 saturated heterocycles. The molecule has 3 rings (SSSR count). The van der Waals surface area contributed by atoms with Gasteiger partial charge in [0.15, 0.2) is 5.13 Å². The van der Waals surface area contributed by atoms with Crippen molar-refractivity contribution >= 4 is 28.2 Å². The molecule has 0 bridgehead atoms. The summed E-state index contributed by atoms with van der Waals surface area (Å²) in [6.07, 6.45) is 4.87. The van der Waals surface area contributed by atoms with Crippen LogP contribution in [0.4, 0.5) is 20.0 Å². The fraction of sp³-hybridized carbons (Fsp3) is 0.300. The Labute approximate surface area is 172 Å². The molecule has 29 heavy (non-hydrogen) atoms. The first kappa shape index (κ1) is 20.7. The third-order valence-electron chi connectivity index (χ3n) is 3.96. The van der Waals surface area contributed by atoms with Gasteiger partial charge in [0, 0.05) is 35.3 Å². The van der Waals surface area contributed by atoms with Gasteiger partial charge in [0.05, 0.1) is 18.5 Å². The fourth-order valence-electron chi connectivity index (χ4n) is 2.40. The number of nitrogens with one attached hydrogen (secondary N) is 2. The van der Waals surface area contributed by atoms with Gasteiger partial charge in [-0.2, -0.15) is 0 Å². The molecule has 1 aromatic carbocycles. The highest BCUT2D eigenvalue weighted by Gasteiger charge is 2.18. The molecule has 0 atom stereocenters. The summed E-state index contributed by atoms with van der Waals surface area (Å²) in [5.74, 6) is 0.00749. The van der Waals surface area contributed by atoms with E-state index in [2.05, 4.69) is 46.4 Å². The Hall–Kier alpha value is -3.07. The second-order valence-electron chi connectivity index (χ2n) is 7.32. The first-order valence-electron chi connectivity index (χ1n) is 9.02. The lowest BCUT2D eigenvalue weighted by Crippen LogP contribution is -2.20. The van der Waals surface area contributed by atoms with Crippen molar-refractivity contribution in [3.63, 3.8) is 0 Å². The van der Waals surface area contributed by atoms with Crippen LogP contribution in [0.15, 0.2) is 42.2 Å². The minimum atomic E-state index is -0.437. The number of urea groups is 1. The van der Waals surface area contributed by atoms with Crippen molar-refractivity contribution in [2.45, 2.75) is 32.6 Å². The van der Waals surface area contributed by atoms with Crippen LogP contribution in [0.2, 0.25) is 0 Å². The molecule has 0 spiro atoms. The molecule has 0 aliphatic carbocycles. The molecule has 2 amide bonds. The van der Waals surface area contributed by atoms with Crippen molar-refractivity contribution in [1.82, 2.24) is 15.0 Å². The Morgan fingerprint density at radius 3 is 2.76 bits per heavy atom. The van der Waals surface area contributed by atoms with E-state index in [0.29, 0.717) is 28.7 Å². The number of anilines is 2. The number of hydrogen-bond donors (Lipinski definition) is 2. The van der Waals surface area contributed by atoms with E-state index in [1.807, 2.05) is 5.38 Å². The number of hydrogen-bond acceptors (Lipinski definition) is 6. The number of halogens is 1. The van der Waals surface area contributed by atoms with Gasteiger partial charge in [-0.3, -0.25) is 10.3 Å². The van der Waals surface area contributed by atoms with Crippen LogP contribution in [0.5, 0.6) is 5.88 Å². The summed E-state index contributed by atoms with van der Waals surface area (Å²) in [7, 11) is 0. The van der Waals surface area contributed by atoms with Crippen LogP contribution >= 0.6 is 11.3 Å². The number of carbonyl (C=O) groups excluding carboxylic acids is 1.